The van der Waals surface area contributed by atoms with Crippen LogP contribution in [0, 0.1) is 11.3 Å². The Morgan fingerprint density at radius 2 is 1.83 bits per heavy atom. The molecule has 1 aliphatic heterocycles. The third kappa shape index (κ3) is 4.39. The van der Waals surface area contributed by atoms with E-state index in [1.807, 2.05) is 35.2 Å². The molecule has 0 aliphatic carbocycles. The van der Waals surface area contributed by atoms with E-state index >= 15 is 0 Å². The summed E-state index contributed by atoms with van der Waals surface area (Å²) in [4.78, 5) is 33.9. The minimum absolute atomic E-state index is 0.00624. The van der Waals surface area contributed by atoms with Crippen LogP contribution in [0.5, 0.6) is 0 Å². The highest BCUT2D eigenvalue weighted by molar-refractivity contribution is 5.79. The van der Waals surface area contributed by atoms with Gasteiger partial charge in [0.05, 0.1) is 28.9 Å². The number of carbonyl (C=O) groups is 1. The average molecular weight is 401 g/mol. The first-order valence-corrected chi connectivity index (χ1v) is 10.1. The Bertz CT molecular complexity index is 1150. The zero-order chi connectivity index (χ0) is 20.9. The van der Waals surface area contributed by atoms with Crippen molar-refractivity contribution in [1.82, 2.24) is 19.4 Å². The zero-order valence-electron chi connectivity index (χ0n) is 16.7. The van der Waals surface area contributed by atoms with Crippen LogP contribution in [0.15, 0.2) is 59.7 Å². The summed E-state index contributed by atoms with van der Waals surface area (Å²) < 4.78 is 1.39. The van der Waals surface area contributed by atoms with Crippen molar-refractivity contribution in [3.8, 4) is 6.07 Å². The fraction of sp³-hybridized carbons (Fsp3) is 0.304. The molecule has 1 saturated heterocycles. The van der Waals surface area contributed by atoms with Gasteiger partial charge in [0.2, 0.25) is 5.91 Å². The second-order valence-electron chi connectivity index (χ2n) is 7.51. The summed E-state index contributed by atoms with van der Waals surface area (Å²) in [6, 6.07) is 16.9. The van der Waals surface area contributed by atoms with Gasteiger partial charge in [-0.1, -0.05) is 24.3 Å². The maximum atomic E-state index is 12.8. The molecule has 7 nitrogen and oxygen atoms in total. The molecule has 1 fully saturated rings. The van der Waals surface area contributed by atoms with Crippen LogP contribution in [0.2, 0.25) is 0 Å². The first-order valence-electron chi connectivity index (χ1n) is 10.1. The third-order valence-corrected chi connectivity index (χ3v) is 5.47. The molecule has 0 unspecified atom stereocenters. The molecule has 1 aromatic heterocycles. The summed E-state index contributed by atoms with van der Waals surface area (Å²) in [6.07, 6.45) is 2.34. The summed E-state index contributed by atoms with van der Waals surface area (Å²) in [5.41, 5.74) is 2.26. The van der Waals surface area contributed by atoms with E-state index in [1.165, 1.54) is 10.9 Å². The molecule has 1 aliphatic rings. The van der Waals surface area contributed by atoms with E-state index in [2.05, 4.69) is 16.0 Å². The molecule has 3 aromatic rings. The number of fused-ring (bicyclic) bond motifs is 1. The van der Waals surface area contributed by atoms with Crippen LogP contribution in [0.4, 0.5) is 0 Å². The van der Waals surface area contributed by atoms with Crippen molar-refractivity contribution in [1.29, 1.82) is 5.26 Å². The molecule has 2 aromatic carbocycles. The second-order valence-corrected chi connectivity index (χ2v) is 7.51. The molecule has 0 N–H and O–H groups in total. The Balaban J connectivity index is 1.38. The van der Waals surface area contributed by atoms with Crippen LogP contribution in [0.1, 0.15) is 17.5 Å². The van der Waals surface area contributed by atoms with Gasteiger partial charge in [0.1, 0.15) is 6.54 Å². The smallest absolute Gasteiger partial charge is 0.261 e. The quantitative estimate of drug-likeness (QED) is 0.668. The standard InChI is InChI=1S/C23H23N5O2/c24-14-18-6-8-19(9-7-18)15-26-10-3-11-27(13-12-26)22(29)16-28-17-25-21-5-2-1-4-20(21)23(28)30/h1-2,4-9,17H,3,10-13,15-16H2. The number of hydrogen-bond donors (Lipinski definition) is 0. The Labute approximate surface area is 174 Å². The van der Waals surface area contributed by atoms with Crippen molar-refractivity contribution < 1.29 is 4.79 Å². The van der Waals surface area contributed by atoms with Gasteiger partial charge in [-0.15, -0.1) is 0 Å². The minimum Gasteiger partial charge on any atom is -0.340 e. The van der Waals surface area contributed by atoms with E-state index in [0.717, 1.165) is 31.6 Å². The zero-order valence-corrected chi connectivity index (χ0v) is 16.7. The van der Waals surface area contributed by atoms with Crippen LogP contribution in [0.25, 0.3) is 10.9 Å². The summed E-state index contributed by atoms with van der Waals surface area (Å²) in [5.74, 6) is -0.0607. The van der Waals surface area contributed by atoms with Crippen molar-refractivity contribution >= 4 is 16.8 Å². The number of amides is 1. The molecule has 4 rings (SSSR count). The summed E-state index contributed by atoms with van der Waals surface area (Å²) in [6.45, 7) is 3.79. The van der Waals surface area contributed by atoms with Gasteiger partial charge in [0.15, 0.2) is 0 Å². The molecule has 30 heavy (non-hydrogen) atoms. The van der Waals surface area contributed by atoms with Gasteiger partial charge < -0.3 is 4.90 Å². The minimum atomic E-state index is -0.189. The number of nitrogens with zero attached hydrogens (tertiary/aromatic N) is 5. The van der Waals surface area contributed by atoms with Gasteiger partial charge in [0.25, 0.3) is 5.56 Å². The van der Waals surface area contributed by atoms with Crippen LogP contribution in [0.3, 0.4) is 0 Å². The second kappa shape index (κ2) is 8.89. The Morgan fingerprint density at radius 1 is 1.03 bits per heavy atom. The van der Waals surface area contributed by atoms with Gasteiger partial charge in [-0.2, -0.15) is 5.26 Å². The highest BCUT2D eigenvalue weighted by atomic mass is 16.2. The largest absolute Gasteiger partial charge is 0.340 e. The Kier molecular flexibility index (Phi) is 5.87. The summed E-state index contributed by atoms with van der Waals surface area (Å²) >= 11 is 0. The van der Waals surface area contributed by atoms with Crippen LogP contribution >= 0.6 is 0 Å². The normalized spacial score (nSPS) is 15.0. The van der Waals surface area contributed by atoms with Gasteiger partial charge in [-0.3, -0.25) is 19.1 Å². The Hall–Kier alpha value is -3.50. The number of rotatable bonds is 4. The number of aromatic nitrogens is 2. The Morgan fingerprint density at radius 3 is 2.63 bits per heavy atom. The van der Waals surface area contributed by atoms with Gasteiger partial charge >= 0.3 is 0 Å². The van der Waals surface area contributed by atoms with E-state index < -0.39 is 0 Å². The van der Waals surface area contributed by atoms with Crippen LogP contribution in [-0.2, 0) is 17.9 Å². The van der Waals surface area contributed by atoms with Crippen molar-refractivity contribution in [2.45, 2.75) is 19.5 Å². The fourth-order valence-electron chi connectivity index (χ4n) is 3.79. The molecule has 7 heteroatoms. The first-order chi connectivity index (χ1) is 14.6. The molecular formula is C23H23N5O2. The third-order valence-electron chi connectivity index (χ3n) is 5.47. The maximum absolute atomic E-state index is 12.8. The van der Waals surface area contributed by atoms with Crippen LogP contribution < -0.4 is 5.56 Å². The molecule has 0 spiro atoms. The highest BCUT2D eigenvalue weighted by Gasteiger charge is 2.20. The molecule has 1 amide bonds. The molecule has 0 radical (unpaired) electrons. The topological polar surface area (TPSA) is 82.2 Å². The number of nitriles is 1. The maximum Gasteiger partial charge on any atom is 0.261 e. The number of carbonyl (C=O) groups excluding carboxylic acids is 1. The number of benzene rings is 2. The monoisotopic (exact) mass is 401 g/mol. The van der Waals surface area contributed by atoms with Crippen molar-refractivity contribution in [2.24, 2.45) is 0 Å². The molecule has 0 atom stereocenters. The van der Waals surface area contributed by atoms with E-state index in [0.29, 0.717) is 29.6 Å². The SMILES string of the molecule is N#Cc1ccc(CN2CCCN(C(=O)Cn3cnc4ccccc4c3=O)CC2)cc1. The summed E-state index contributed by atoms with van der Waals surface area (Å²) in [7, 11) is 0. The predicted molar refractivity (Wildman–Crippen MR) is 114 cm³/mol. The van der Waals surface area contributed by atoms with Gasteiger partial charge in [0, 0.05) is 32.7 Å². The molecular weight excluding hydrogens is 378 g/mol. The van der Waals surface area contributed by atoms with Crippen LogP contribution in [-0.4, -0.2) is 51.4 Å². The predicted octanol–water partition coefficient (Wildman–Crippen LogP) is 2.00. The van der Waals surface area contributed by atoms with Crippen molar-refractivity contribution in [3.05, 3.63) is 76.3 Å². The van der Waals surface area contributed by atoms with E-state index in [-0.39, 0.29) is 18.0 Å². The summed E-state index contributed by atoms with van der Waals surface area (Å²) in [5, 5.41) is 9.45. The molecule has 0 saturated carbocycles. The fourth-order valence-corrected chi connectivity index (χ4v) is 3.79. The molecule has 152 valence electrons. The van der Waals surface area contributed by atoms with Crippen molar-refractivity contribution in [3.63, 3.8) is 0 Å². The first kappa shape index (κ1) is 19.8. The average Bonchev–Trinajstić information content (AvgIpc) is 3.02. The number of hydrogen-bond acceptors (Lipinski definition) is 5. The van der Waals surface area contributed by atoms with E-state index in [1.54, 1.807) is 18.2 Å². The lowest BCUT2D eigenvalue weighted by Gasteiger charge is -2.22. The lowest BCUT2D eigenvalue weighted by atomic mass is 10.1. The lowest BCUT2D eigenvalue weighted by Crippen LogP contribution is -2.39. The van der Waals surface area contributed by atoms with Gasteiger partial charge in [-0.05, 0) is 36.2 Å². The van der Waals surface area contributed by atoms with Crippen molar-refractivity contribution in [2.75, 3.05) is 26.2 Å². The highest BCUT2D eigenvalue weighted by Crippen LogP contribution is 2.11. The van der Waals surface area contributed by atoms with E-state index in [9.17, 15) is 9.59 Å². The molecule has 0 bridgehead atoms. The lowest BCUT2D eigenvalue weighted by molar-refractivity contribution is -0.131. The van der Waals surface area contributed by atoms with Gasteiger partial charge in [-0.25, -0.2) is 4.98 Å². The molecule has 2 heterocycles. The number of para-hydroxylation sites is 1. The van der Waals surface area contributed by atoms with E-state index in [4.69, 9.17) is 5.26 Å².